The highest BCUT2D eigenvalue weighted by Crippen LogP contribution is 2.19. The standard InChI is InChI=1S/C17H22N2O3/c1-11(2)15(20)8-9-18-17(21)13-6-7-14(19-12(13)3)16-5-4-10-22-16/h4-7,10-11,15,20H,8-9H2,1-3H3,(H,18,21). The van der Waals surface area contributed by atoms with Gasteiger partial charge in [0.05, 0.1) is 23.6 Å². The summed E-state index contributed by atoms with van der Waals surface area (Å²) >= 11 is 0. The number of aromatic nitrogens is 1. The second-order valence-corrected chi connectivity index (χ2v) is 5.66. The van der Waals surface area contributed by atoms with Crippen LogP contribution in [0.5, 0.6) is 0 Å². The molecule has 0 fully saturated rings. The lowest BCUT2D eigenvalue weighted by molar-refractivity contribution is 0.0919. The number of nitrogens with one attached hydrogen (secondary N) is 1. The minimum Gasteiger partial charge on any atom is -0.463 e. The summed E-state index contributed by atoms with van der Waals surface area (Å²) in [6, 6.07) is 7.14. The summed E-state index contributed by atoms with van der Waals surface area (Å²) < 4.78 is 5.30. The first kappa shape index (κ1) is 16.2. The van der Waals surface area contributed by atoms with Crippen LogP contribution >= 0.6 is 0 Å². The Bertz CT molecular complexity index is 621. The molecule has 1 atom stereocenters. The Kier molecular flexibility index (Phi) is 5.33. The zero-order valence-corrected chi connectivity index (χ0v) is 13.2. The average Bonchev–Trinajstić information content (AvgIpc) is 3.00. The van der Waals surface area contributed by atoms with Crippen molar-refractivity contribution in [1.29, 1.82) is 0 Å². The van der Waals surface area contributed by atoms with Crippen molar-refractivity contribution in [1.82, 2.24) is 10.3 Å². The molecule has 0 aromatic carbocycles. The Morgan fingerprint density at radius 3 is 2.73 bits per heavy atom. The van der Waals surface area contributed by atoms with Gasteiger partial charge in [-0.3, -0.25) is 4.79 Å². The topological polar surface area (TPSA) is 75.4 Å². The number of amides is 1. The molecular formula is C17H22N2O3. The molecule has 1 unspecified atom stereocenters. The van der Waals surface area contributed by atoms with Gasteiger partial charge in [0.1, 0.15) is 5.69 Å². The third kappa shape index (κ3) is 3.95. The molecule has 2 rings (SSSR count). The Morgan fingerprint density at radius 2 is 2.14 bits per heavy atom. The molecule has 118 valence electrons. The van der Waals surface area contributed by atoms with E-state index in [4.69, 9.17) is 4.42 Å². The lowest BCUT2D eigenvalue weighted by Gasteiger charge is -2.14. The summed E-state index contributed by atoms with van der Waals surface area (Å²) in [5.41, 5.74) is 1.89. The van der Waals surface area contributed by atoms with E-state index in [1.165, 1.54) is 0 Å². The molecule has 0 aliphatic carbocycles. The maximum absolute atomic E-state index is 12.2. The van der Waals surface area contributed by atoms with Gasteiger partial charge in [-0.25, -0.2) is 4.98 Å². The smallest absolute Gasteiger partial charge is 0.253 e. The number of hydrogen-bond acceptors (Lipinski definition) is 4. The molecule has 0 radical (unpaired) electrons. The zero-order valence-electron chi connectivity index (χ0n) is 13.2. The van der Waals surface area contributed by atoms with Gasteiger partial charge >= 0.3 is 0 Å². The summed E-state index contributed by atoms with van der Waals surface area (Å²) in [6.45, 7) is 6.14. The van der Waals surface area contributed by atoms with E-state index < -0.39 is 6.10 Å². The highest BCUT2D eigenvalue weighted by atomic mass is 16.3. The summed E-state index contributed by atoms with van der Waals surface area (Å²) in [4.78, 5) is 16.6. The van der Waals surface area contributed by atoms with Crippen molar-refractivity contribution >= 4 is 5.91 Å². The predicted octanol–water partition coefficient (Wildman–Crippen LogP) is 2.79. The van der Waals surface area contributed by atoms with Gasteiger partial charge < -0.3 is 14.8 Å². The fraction of sp³-hybridized carbons (Fsp3) is 0.412. The molecule has 22 heavy (non-hydrogen) atoms. The van der Waals surface area contributed by atoms with Gasteiger partial charge in [-0.1, -0.05) is 13.8 Å². The van der Waals surface area contributed by atoms with Crippen LogP contribution in [-0.4, -0.2) is 28.6 Å². The van der Waals surface area contributed by atoms with E-state index in [-0.39, 0.29) is 11.8 Å². The summed E-state index contributed by atoms with van der Waals surface area (Å²) in [5.74, 6) is 0.690. The van der Waals surface area contributed by atoms with Gasteiger partial charge in [0.25, 0.3) is 5.91 Å². The molecule has 5 nitrogen and oxygen atoms in total. The maximum atomic E-state index is 12.2. The normalized spacial score (nSPS) is 12.4. The highest BCUT2D eigenvalue weighted by molar-refractivity contribution is 5.95. The number of aryl methyl sites for hydroxylation is 1. The molecule has 2 heterocycles. The number of hydrogen-bond donors (Lipinski definition) is 2. The first-order valence-electron chi connectivity index (χ1n) is 7.47. The van der Waals surface area contributed by atoms with E-state index in [2.05, 4.69) is 10.3 Å². The molecule has 0 aliphatic heterocycles. The molecule has 0 spiro atoms. The summed E-state index contributed by atoms with van der Waals surface area (Å²) in [5, 5.41) is 12.5. The van der Waals surface area contributed by atoms with Crippen LogP contribution in [-0.2, 0) is 0 Å². The monoisotopic (exact) mass is 302 g/mol. The second-order valence-electron chi connectivity index (χ2n) is 5.66. The number of aliphatic hydroxyl groups is 1. The molecule has 1 amide bonds. The van der Waals surface area contributed by atoms with Gasteiger partial charge in [0, 0.05) is 6.54 Å². The van der Waals surface area contributed by atoms with Crippen LogP contribution in [0.1, 0.15) is 36.3 Å². The van der Waals surface area contributed by atoms with E-state index in [0.29, 0.717) is 35.7 Å². The lowest BCUT2D eigenvalue weighted by atomic mass is 10.0. The predicted molar refractivity (Wildman–Crippen MR) is 84.5 cm³/mol. The quantitative estimate of drug-likeness (QED) is 0.860. The number of rotatable bonds is 6. The highest BCUT2D eigenvalue weighted by Gasteiger charge is 2.13. The zero-order chi connectivity index (χ0) is 16.1. The molecule has 0 bridgehead atoms. The second kappa shape index (κ2) is 7.22. The number of pyridine rings is 1. The van der Waals surface area contributed by atoms with E-state index in [1.807, 2.05) is 19.9 Å². The lowest BCUT2D eigenvalue weighted by Crippen LogP contribution is -2.29. The third-order valence-electron chi connectivity index (χ3n) is 3.60. The molecule has 0 aliphatic rings. The van der Waals surface area contributed by atoms with E-state index in [0.717, 1.165) is 0 Å². The van der Waals surface area contributed by atoms with Crippen molar-refractivity contribution in [3.05, 3.63) is 41.8 Å². The third-order valence-corrected chi connectivity index (χ3v) is 3.60. The van der Waals surface area contributed by atoms with Crippen molar-refractivity contribution in [3.63, 3.8) is 0 Å². The molecule has 0 saturated carbocycles. The molecule has 5 heteroatoms. The number of nitrogens with zero attached hydrogens (tertiary/aromatic N) is 1. The van der Waals surface area contributed by atoms with Crippen LogP contribution in [0, 0.1) is 12.8 Å². The largest absolute Gasteiger partial charge is 0.463 e. The maximum Gasteiger partial charge on any atom is 0.253 e. The Morgan fingerprint density at radius 1 is 1.36 bits per heavy atom. The van der Waals surface area contributed by atoms with E-state index in [1.54, 1.807) is 31.4 Å². The number of carbonyl (C=O) groups is 1. The van der Waals surface area contributed by atoms with Crippen LogP contribution < -0.4 is 5.32 Å². The first-order valence-corrected chi connectivity index (χ1v) is 7.47. The number of furan rings is 1. The van der Waals surface area contributed by atoms with Crippen molar-refractivity contribution in [2.24, 2.45) is 5.92 Å². The number of carbonyl (C=O) groups excluding carboxylic acids is 1. The minimum absolute atomic E-state index is 0.174. The molecular weight excluding hydrogens is 280 g/mol. The van der Waals surface area contributed by atoms with Gasteiger partial charge in [-0.15, -0.1) is 0 Å². The SMILES string of the molecule is Cc1nc(-c2ccco2)ccc1C(=O)NCCC(O)C(C)C. The van der Waals surface area contributed by atoms with E-state index >= 15 is 0 Å². The number of aliphatic hydroxyl groups excluding tert-OH is 1. The van der Waals surface area contributed by atoms with Gasteiger partial charge in [-0.2, -0.15) is 0 Å². The van der Waals surface area contributed by atoms with Crippen molar-refractivity contribution in [2.75, 3.05) is 6.54 Å². The van der Waals surface area contributed by atoms with Crippen molar-refractivity contribution in [3.8, 4) is 11.5 Å². The van der Waals surface area contributed by atoms with Crippen LogP contribution in [0.4, 0.5) is 0 Å². The van der Waals surface area contributed by atoms with Crippen LogP contribution in [0.3, 0.4) is 0 Å². The average molecular weight is 302 g/mol. The van der Waals surface area contributed by atoms with E-state index in [9.17, 15) is 9.90 Å². The molecule has 0 saturated heterocycles. The van der Waals surface area contributed by atoms with Crippen molar-refractivity contribution < 1.29 is 14.3 Å². The molecule has 2 N–H and O–H groups in total. The Labute approximate surface area is 130 Å². The summed E-state index contributed by atoms with van der Waals surface area (Å²) in [7, 11) is 0. The first-order chi connectivity index (χ1) is 10.5. The van der Waals surface area contributed by atoms with Gasteiger partial charge in [0.15, 0.2) is 5.76 Å². The van der Waals surface area contributed by atoms with Crippen LogP contribution in [0.25, 0.3) is 11.5 Å². The van der Waals surface area contributed by atoms with Gasteiger partial charge in [-0.05, 0) is 43.5 Å². The Hall–Kier alpha value is -2.14. The molecule has 2 aromatic heterocycles. The minimum atomic E-state index is -0.402. The Balaban J connectivity index is 1.99. The molecule has 2 aromatic rings. The summed E-state index contributed by atoms with van der Waals surface area (Å²) in [6.07, 6.45) is 1.73. The fourth-order valence-corrected chi connectivity index (χ4v) is 2.12. The van der Waals surface area contributed by atoms with Crippen molar-refractivity contribution in [2.45, 2.75) is 33.3 Å². The van der Waals surface area contributed by atoms with Crippen LogP contribution in [0.2, 0.25) is 0 Å². The van der Waals surface area contributed by atoms with Gasteiger partial charge in [0.2, 0.25) is 0 Å². The fourth-order valence-electron chi connectivity index (χ4n) is 2.12. The van der Waals surface area contributed by atoms with Crippen LogP contribution in [0.15, 0.2) is 34.9 Å².